The van der Waals surface area contributed by atoms with Crippen molar-refractivity contribution in [1.82, 2.24) is 0 Å². The van der Waals surface area contributed by atoms with Crippen LogP contribution in [0.1, 0.15) is 11.1 Å². The molecule has 0 N–H and O–H groups in total. The van der Waals surface area contributed by atoms with Crippen LogP contribution in [0.25, 0.3) is 10.4 Å². The first-order valence-electron chi connectivity index (χ1n) is 4.65. The summed E-state index contributed by atoms with van der Waals surface area (Å²) in [6.07, 6.45) is 0. The zero-order valence-corrected chi connectivity index (χ0v) is 8.73. The second-order valence-corrected chi connectivity index (χ2v) is 4.43. The molecule has 1 aliphatic heterocycles. The summed E-state index contributed by atoms with van der Waals surface area (Å²) in [6.45, 7) is 2.81. The largest absolute Gasteiger partial charge is 0.488 e. The Hall–Kier alpha value is -1.28. The van der Waals surface area contributed by atoms with E-state index in [0.717, 1.165) is 12.4 Å². The molecule has 2 aromatic rings. The number of ether oxygens (including phenoxy) is 1. The van der Waals surface area contributed by atoms with Gasteiger partial charge in [-0.05, 0) is 30.0 Å². The number of fused-ring (bicyclic) bond motifs is 3. The van der Waals surface area contributed by atoms with Crippen LogP contribution >= 0.6 is 11.3 Å². The van der Waals surface area contributed by atoms with E-state index in [-0.39, 0.29) is 0 Å². The highest BCUT2D eigenvalue weighted by Crippen LogP contribution is 2.42. The molecule has 0 saturated heterocycles. The zero-order valence-electron chi connectivity index (χ0n) is 7.91. The van der Waals surface area contributed by atoms with E-state index in [1.807, 2.05) is 0 Å². The molecule has 0 bridgehead atoms. The third kappa shape index (κ3) is 1.01. The third-order valence-corrected chi connectivity index (χ3v) is 3.57. The van der Waals surface area contributed by atoms with Crippen molar-refractivity contribution < 1.29 is 4.74 Å². The molecule has 1 aromatic carbocycles. The van der Waals surface area contributed by atoms with Gasteiger partial charge in [0.05, 0.1) is 0 Å². The lowest BCUT2D eigenvalue weighted by atomic mass is 10.0. The van der Waals surface area contributed by atoms with E-state index < -0.39 is 0 Å². The van der Waals surface area contributed by atoms with Crippen LogP contribution in [0.3, 0.4) is 0 Å². The van der Waals surface area contributed by atoms with Crippen LogP contribution in [-0.4, -0.2) is 0 Å². The second-order valence-electron chi connectivity index (χ2n) is 3.52. The molecule has 0 saturated carbocycles. The molecule has 0 unspecified atom stereocenters. The molecule has 14 heavy (non-hydrogen) atoms. The van der Waals surface area contributed by atoms with Crippen molar-refractivity contribution in [3.05, 3.63) is 40.8 Å². The summed E-state index contributed by atoms with van der Waals surface area (Å²) < 4.78 is 5.75. The van der Waals surface area contributed by atoms with Crippen molar-refractivity contribution in [1.29, 1.82) is 0 Å². The maximum absolute atomic E-state index is 5.75. The minimum atomic E-state index is 0.719. The van der Waals surface area contributed by atoms with Crippen LogP contribution in [0.15, 0.2) is 29.6 Å². The molecular formula is C12H10OS. The maximum atomic E-state index is 5.75. The predicted molar refractivity (Wildman–Crippen MR) is 58.8 cm³/mol. The van der Waals surface area contributed by atoms with Crippen LogP contribution in [0.4, 0.5) is 0 Å². The van der Waals surface area contributed by atoms with E-state index in [2.05, 4.69) is 36.6 Å². The average Bonchev–Trinajstić information content (AvgIpc) is 2.66. The summed E-state index contributed by atoms with van der Waals surface area (Å²) in [5, 5.41) is 2.13. The second kappa shape index (κ2) is 2.85. The zero-order chi connectivity index (χ0) is 9.54. The fourth-order valence-electron chi connectivity index (χ4n) is 1.86. The Labute approximate surface area is 87.0 Å². The number of thiophene rings is 1. The van der Waals surface area contributed by atoms with Gasteiger partial charge in [-0.1, -0.05) is 12.1 Å². The van der Waals surface area contributed by atoms with Crippen LogP contribution in [0, 0.1) is 6.92 Å². The molecule has 3 rings (SSSR count). The Bertz CT molecular complexity index is 485. The lowest BCUT2D eigenvalue weighted by molar-refractivity contribution is 0.301. The van der Waals surface area contributed by atoms with E-state index in [1.54, 1.807) is 11.3 Å². The van der Waals surface area contributed by atoms with Crippen LogP contribution in [0.2, 0.25) is 0 Å². The third-order valence-electron chi connectivity index (χ3n) is 2.58. The van der Waals surface area contributed by atoms with Gasteiger partial charge >= 0.3 is 0 Å². The van der Waals surface area contributed by atoms with Gasteiger partial charge in [-0.15, -0.1) is 11.3 Å². The molecule has 2 heterocycles. The topological polar surface area (TPSA) is 9.23 Å². The van der Waals surface area contributed by atoms with Crippen molar-refractivity contribution in [2.24, 2.45) is 0 Å². The molecule has 0 aliphatic carbocycles. The molecule has 1 aliphatic rings. The molecule has 0 spiro atoms. The summed E-state index contributed by atoms with van der Waals surface area (Å²) in [4.78, 5) is 1.37. The maximum Gasteiger partial charge on any atom is 0.131 e. The minimum Gasteiger partial charge on any atom is -0.488 e. The first kappa shape index (κ1) is 8.06. The summed E-state index contributed by atoms with van der Waals surface area (Å²) in [5.74, 6) is 1.06. The molecule has 0 atom stereocenters. The lowest BCUT2D eigenvalue weighted by Gasteiger charge is -2.19. The van der Waals surface area contributed by atoms with Gasteiger partial charge in [-0.3, -0.25) is 0 Å². The van der Waals surface area contributed by atoms with Gasteiger partial charge in [0, 0.05) is 16.0 Å². The standard InChI is InChI=1S/C12H10OS/c1-8-3-2-4-10-11(8)13-7-9-5-6-14-12(9)10/h2-6H,7H2,1H3. The van der Waals surface area contributed by atoms with Crippen molar-refractivity contribution in [3.63, 3.8) is 0 Å². The van der Waals surface area contributed by atoms with Crippen LogP contribution in [0.5, 0.6) is 5.75 Å². The van der Waals surface area contributed by atoms with E-state index in [4.69, 9.17) is 4.74 Å². The number of para-hydroxylation sites is 1. The van der Waals surface area contributed by atoms with Crippen molar-refractivity contribution in [2.75, 3.05) is 0 Å². The molecule has 70 valence electrons. The summed E-state index contributed by atoms with van der Waals surface area (Å²) >= 11 is 1.80. The Kier molecular flexibility index (Phi) is 1.64. The molecule has 0 radical (unpaired) electrons. The summed E-state index contributed by atoms with van der Waals surface area (Å²) in [6, 6.07) is 8.46. The normalized spacial score (nSPS) is 12.9. The smallest absolute Gasteiger partial charge is 0.131 e. The molecule has 0 amide bonds. The first-order chi connectivity index (χ1) is 6.86. The quantitative estimate of drug-likeness (QED) is 0.634. The van der Waals surface area contributed by atoms with Gasteiger partial charge in [-0.25, -0.2) is 0 Å². The number of rotatable bonds is 0. The van der Waals surface area contributed by atoms with E-state index in [1.165, 1.54) is 21.6 Å². The monoisotopic (exact) mass is 202 g/mol. The van der Waals surface area contributed by atoms with Crippen molar-refractivity contribution >= 4 is 11.3 Å². The number of benzene rings is 1. The highest BCUT2D eigenvalue weighted by atomic mass is 32.1. The fraction of sp³-hybridized carbons (Fsp3) is 0.167. The van der Waals surface area contributed by atoms with Gasteiger partial charge < -0.3 is 4.74 Å². The van der Waals surface area contributed by atoms with Gasteiger partial charge in [0.25, 0.3) is 0 Å². The van der Waals surface area contributed by atoms with Crippen LogP contribution in [-0.2, 0) is 6.61 Å². The first-order valence-corrected chi connectivity index (χ1v) is 5.53. The summed E-state index contributed by atoms with van der Waals surface area (Å²) in [5.41, 5.74) is 3.79. The Morgan fingerprint density at radius 2 is 2.21 bits per heavy atom. The van der Waals surface area contributed by atoms with Crippen LogP contribution < -0.4 is 4.74 Å². The number of hydrogen-bond donors (Lipinski definition) is 0. The Balaban J connectivity index is 2.31. The molecule has 0 fully saturated rings. The van der Waals surface area contributed by atoms with E-state index >= 15 is 0 Å². The molecule has 2 heteroatoms. The minimum absolute atomic E-state index is 0.719. The van der Waals surface area contributed by atoms with E-state index in [9.17, 15) is 0 Å². The van der Waals surface area contributed by atoms with Gasteiger partial charge in [0.2, 0.25) is 0 Å². The summed E-state index contributed by atoms with van der Waals surface area (Å²) in [7, 11) is 0. The highest BCUT2D eigenvalue weighted by molar-refractivity contribution is 7.13. The van der Waals surface area contributed by atoms with Gasteiger partial charge in [0.15, 0.2) is 0 Å². The Morgan fingerprint density at radius 3 is 3.14 bits per heavy atom. The SMILES string of the molecule is Cc1cccc2c1OCc1ccsc1-2. The number of aryl methyl sites for hydroxylation is 1. The van der Waals surface area contributed by atoms with Gasteiger partial charge in [-0.2, -0.15) is 0 Å². The molecule has 1 aromatic heterocycles. The highest BCUT2D eigenvalue weighted by Gasteiger charge is 2.18. The average molecular weight is 202 g/mol. The Morgan fingerprint density at radius 1 is 1.29 bits per heavy atom. The van der Waals surface area contributed by atoms with E-state index in [0.29, 0.717) is 0 Å². The number of hydrogen-bond acceptors (Lipinski definition) is 2. The fourth-order valence-corrected chi connectivity index (χ4v) is 2.79. The van der Waals surface area contributed by atoms with Crippen molar-refractivity contribution in [2.45, 2.75) is 13.5 Å². The molecular weight excluding hydrogens is 192 g/mol. The van der Waals surface area contributed by atoms with Crippen molar-refractivity contribution in [3.8, 4) is 16.2 Å². The van der Waals surface area contributed by atoms with Gasteiger partial charge in [0.1, 0.15) is 12.4 Å². The predicted octanol–water partition coefficient (Wildman–Crippen LogP) is 3.62. The molecule has 1 nitrogen and oxygen atoms in total. The lowest BCUT2D eigenvalue weighted by Crippen LogP contribution is -2.03.